The van der Waals surface area contributed by atoms with Crippen LogP contribution in [-0.2, 0) is 0 Å². The highest BCUT2D eigenvalue weighted by Crippen LogP contribution is 2.43. The fraction of sp³-hybridized carbons (Fsp3) is 0.103. The molecule has 6 heteroatoms. The Morgan fingerprint density at radius 2 is 1.69 bits per heavy atom. The summed E-state index contributed by atoms with van der Waals surface area (Å²) in [6.45, 7) is 5.90. The van der Waals surface area contributed by atoms with Gasteiger partial charge in [-0.25, -0.2) is 0 Å². The van der Waals surface area contributed by atoms with Gasteiger partial charge in [-0.05, 0) is 60.0 Å². The van der Waals surface area contributed by atoms with E-state index < -0.39 is 0 Å². The van der Waals surface area contributed by atoms with E-state index in [0.717, 1.165) is 16.5 Å². The van der Waals surface area contributed by atoms with Gasteiger partial charge in [0.15, 0.2) is 11.3 Å². The van der Waals surface area contributed by atoms with Crippen molar-refractivity contribution >= 4 is 28.7 Å². The van der Waals surface area contributed by atoms with Gasteiger partial charge in [-0.1, -0.05) is 36.9 Å². The van der Waals surface area contributed by atoms with Gasteiger partial charge in [-0.3, -0.25) is 0 Å². The van der Waals surface area contributed by atoms with E-state index in [1.54, 1.807) is 48.6 Å². The highest BCUT2D eigenvalue weighted by atomic mass is 16.5. The van der Waals surface area contributed by atoms with Crippen LogP contribution in [0.4, 0.5) is 0 Å². The fourth-order valence-corrected chi connectivity index (χ4v) is 3.97. The summed E-state index contributed by atoms with van der Waals surface area (Å²) in [6, 6.07) is 13.3. The average Bonchev–Trinajstić information content (AvgIpc) is 3.27. The third kappa shape index (κ3) is 4.65. The first-order valence-electron chi connectivity index (χ1n) is 11.0. The van der Waals surface area contributed by atoms with Crippen LogP contribution in [0.3, 0.4) is 0 Å². The van der Waals surface area contributed by atoms with E-state index in [9.17, 15) is 15.3 Å². The van der Waals surface area contributed by atoms with Gasteiger partial charge < -0.3 is 29.6 Å². The monoisotopic (exact) mass is 470 g/mol. The van der Waals surface area contributed by atoms with Gasteiger partial charge in [0.2, 0.25) is 0 Å². The van der Waals surface area contributed by atoms with Crippen LogP contribution in [0.1, 0.15) is 29.2 Å². The first-order chi connectivity index (χ1) is 16.9. The third-order valence-electron chi connectivity index (χ3n) is 5.65. The predicted molar refractivity (Wildman–Crippen MR) is 139 cm³/mol. The second kappa shape index (κ2) is 9.83. The minimum Gasteiger partial charge on any atom is -0.507 e. The zero-order valence-electron chi connectivity index (χ0n) is 19.4. The highest BCUT2D eigenvalue weighted by molar-refractivity contribution is 5.92. The summed E-state index contributed by atoms with van der Waals surface area (Å²) in [5, 5.41) is 41.5. The van der Waals surface area contributed by atoms with Crippen molar-refractivity contribution in [1.82, 2.24) is 0 Å². The Balaban J connectivity index is 1.83. The number of hydrogen-bond donors (Lipinski definition) is 4. The van der Waals surface area contributed by atoms with E-state index in [1.165, 1.54) is 13.2 Å². The first kappa shape index (κ1) is 23.7. The van der Waals surface area contributed by atoms with Crippen LogP contribution in [0.25, 0.3) is 40.0 Å². The van der Waals surface area contributed by atoms with Crippen LogP contribution in [-0.4, -0.2) is 34.1 Å². The first-order valence-corrected chi connectivity index (χ1v) is 11.0. The maximum absolute atomic E-state index is 10.6. The van der Waals surface area contributed by atoms with Gasteiger partial charge in [-0.15, -0.1) is 0 Å². The number of aromatic hydroxyl groups is 3. The van der Waals surface area contributed by atoms with E-state index >= 15 is 0 Å². The summed E-state index contributed by atoms with van der Waals surface area (Å²) in [5.74, 6) is 0.524. The number of phenolic OH excluding ortho intramolecular Hbond substituents is 3. The molecule has 35 heavy (non-hydrogen) atoms. The lowest BCUT2D eigenvalue weighted by molar-refractivity contribution is 0.343. The zero-order valence-corrected chi connectivity index (χ0v) is 19.4. The summed E-state index contributed by atoms with van der Waals surface area (Å²) >= 11 is 0. The van der Waals surface area contributed by atoms with Crippen LogP contribution < -0.4 is 4.74 Å². The number of methoxy groups -OCH3 is 1. The van der Waals surface area contributed by atoms with Gasteiger partial charge in [0.25, 0.3) is 0 Å². The van der Waals surface area contributed by atoms with Crippen LogP contribution in [0, 0.1) is 0 Å². The molecule has 0 aliphatic carbocycles. The molecule has 0 unspecified atom stereocenters. The summed E-state index contributed by atoms with van der Waals surface area (Å²) in [4.78, 5) is 0. The molecule has 0 saturated carbocycles. The minimum atomic E-state index is -0.183. The Morgan fingerprint density at radius 1 is 0.914 bits per heavy atom. The minimum absolute atomic E-state index is 0.0224. The van der Waals surface area contributed by atoms with Gasteiger partial charge in [0.05, 0.1) is 19.3 Å². The lowest BCUT2D eigenvalue weighted by Gasteiger charge is -2.13. The second-order valence-electron chi connectivity index (χ2n) is 7.98. The van der Waals surface area contributed by atoms with Crippen LogP contribution in [0.2, 0.25) is 0 Å². The molecule has 0 radical (unpaired) electrons. The topological polar surface area (TPSA) is 103 Å². The Bertz CT molecular complexity index is 1470. The fourth-order valence-electron chi connectivity index (χ4n) is 3.97. The third-order valence-corrected chi connectivity index (χ3v) is 5.65. The maximum atomic E-state index is 10.6. The van der Waals surface area contributed by atoms with Crippen molar-refractivity contribution in [3.8, 4) is 34.3 Å². The van der Waals surface area contributed by atoms with Gasteiger partial charge in [-0.2, -0.15) is 0 Å². The number of fused-ring (bicyclic) bond motifs is 1. The number of allylic oxidation sites excluding steroid dienone is 1. The predicted octanol–water partition coefficient (Wildman–Crippen LogP) is 6.33. The number of hydrogen-bond acceptors (Lipinski definition) is 6. The van der Waals surface area contributed by atoms with Crippen molar-refractivity contribution < 1.29 is 29.6 Å². The van der Waals surface area contributed by atoms with Crippen molar-refractivity contribution in [2.24, 2.45) is 0 Å². The lowest BCUT2D eigenvalue weighted by atomic mass is 9.94. The molecular formula is C29H26O6. The molecule has 6 nitrogen and oxygen atoms in total. The van der Waals surface area contributed by atoms with Crippen molar-refractivity contribution in [1.29, 1.82) is 0 Å². The lowest BCUT2D eigenvalue weighted by Crippen LogP contribution is -1.91. The number of furan rings is 1. The summed E-state index contributed by atoms with van der Waals surface area (Å²) in [6.07, 6.45) is 7.16. The van der Waals surface area contributed by atoms with E-state index in [4.69, 9.17) is 14.3 Å². The maximum Gasteiger partial charge on any atom is 0.176 e. The summed E-state index contributed by atoms with van der Waals surface area (Å²) in [5.41, 5.74) is 3.70. The number of phenols is 3. The zero-order chi connectivity index (χ0) is 25.1. The smallest absolute Gasteiger partial charge is 0.176 e. The summed E-state index contributed by atoms with van der Waals surface area (Å²) < 4.78 is 11.5. The van der Waals surface area contributed by atoms with E-state index in [0.29, 0.717) is 39.4 Å². The molecule has 4 rings (SSSR count). The molecule has 0 bridgehead atoms. The average molecular weight is 471 g/mol. The number of benzene rings is 3. The largest absolute Gasteiger partial charge is 0.507 e. The molecule has 0 aliphatic rings. The Labute approximate surface area is 203 Å². The standard InChI is InChI=1S/C29H26O6/c1-4-6-18-8-9-24(31)21(12-18)17(2)22-15-23(26(33)16-25(22)32)27-14-20-11-19(7-5-10-30)13-28(34-3)29(20)35-27/h4-9,11-16,30-33H,2,10H2,1,3H3/b6-4+,7-5+. The molecular weight excluding hydrogens is 444 g/mol. The van der Waals surface area contributed by atoms with Crippen molar-refractivity contribution in [3.63, 3.8) is 0 Å². The van der Waals surface area contributed by atoms with Gasteiger partial charge >= 0.3 is 0 Å². The Hall–Kier alpha value is -4.42. The number of aliphatic hydroxyl groups excluding tert-OH is 1. The molecule has 0 atom stereocenters. The molecule has 3 aromatic carbocycles. The van der Waals surface area contributed by atoms with Gasteiger partial charge in [0, 0.05) is 22.6 Å². The molecule has 0 aliphatic heterocycles. The van der Waals surface area contributed by atoms with Crippen molar-refractivity contribution in [3.05, 3.63) is 89.5 Å². The molecule has 178 valence electrons. The SMILES string of the molecule is C=C(c1cc(/C=C/C)ccc1O)c1cc(-c2cc3cc(/C=C/CO)cc(OC)c3o2)c(O)cc1O. The quantitative estimate of drug-likeness (QED) is 0.252. The van der Waals surface area contributed by atoms with Crippen molar-refractivity contribution in [2.75, 3.05) is 13.7 Å². The van der Waals surface area contributed by atoms with E-state index in [-0.39, 0.29) is 23.9 Å². The van der Waals surface area contributed by atoms with E-state index in [1.807, 2.05) is 25.1 Å². The van der Waals surface area contributed by atoms with E-state index in [2.05, 4.69) is 6.58 Å². The summed E-state index contributed by atoms with van der Waals surface area (Å²) in [7, 11) is 1.53. The molecule has 4 aromatic rings. The molecule has 1 aromatic heterocycles. The normalized spacial score (nSPS) is 11.6. The number of rotatable bonds is 7. The van der Waals surface area contributed by atoms with Crippen LogP contribution in [0.15, 0.2) is 71.7 Å². The van der Waals surface area contributed by atoms with Crippen molar-refractivity contribution in [2.45, 2.75) is 6.92 Å². The molecule has 0 saturated heterocycles. The van der Waals surface area contributed by atoms with Gasteiger partial charge in [0.1, 0.15) is 23.0 Å². The Kier molecular flexibility index (Phi) is 6.66. The highest BCUT2D eigenvalue weighted by Gasteiger charge is 2.19. The molecule has 0 amide bonds. The molecule has 4 N–H and O–H groups in total. The van der Waals surface area contributed by atoms with Crippen LogP contribution >= 0.6 is 0 Å². The molecule has 0 spiro atoms. The Morgan fingerprint density at radius 3 is 2.40 bits per heavy atom. The van der Waals surface area contributed by atoms with Crippen LogP contribution in [0.5, 0.6) is 23.0 Å². The number of aliphatic hydroxyl groups is 1. The molecule has 1 heterocycles. The second-order valence-corrected chi connectivity index (χ2v) is 7.98. The molecule has 0 fully saturated rings. The number of ether oxygens (including phenoxy) is 1.